The molecule has 0 nitrogen and oxygen atoms in total. The molecule has 0 fully saturated rings. The van der Waals surface area contributed by atoms with Crippen molar-refractivity contribution in [2.45, 2.75) is 19.8 Å². The van der Waals surface area contributed by atoms with E-state index in [0.29, 0.717) is 0 Å². The summed E-state index contributed by atoms with van der Waals surface area (Å²) in [5, 5.41) is 0. The van der Waals surface area contributed by atoms with Crippen LogP contribution >= 0.6 is 0 Å². The Morgan fingerprint density at radius 2 is 2.56 bits per heavy atom. The zero-order chi connectivity index (χ0) is 6.53. The van der Waals surface area contributed by atoms with E-state index in [9.17, 15) is 0 Å². The van der Waals surface area contributed by atoms with Crippen LogP contribution in [-0.4, -0.2) is 0 Å². The van der Waals surface area contributed by atoms with E-state index in [1.807, 2.05) is 6.08 Å². The van der Waals surface area contributed by atoms with Crippen molar-refractivity contribution >= 4 is 0 Å². The van der Waals surface area contributed by atoms with Crippen LogP contribution in [0.1, 0.15) is 19.8 Å². The van der Waals surface area contributed by atoms with Gasteiger partial charge in [-0.05, 0) is 12.5 Å². The van der Waals surface area contributed by atoms with Gasteiger partial charge in [0, 0.05) is 6.42 Å². The van der Waals surface area contributed by atoms with Gasteiger partial charge in [-0.25, -0.2) is 0 Å². The summed E-state index contributed by atoms with van der Waals surface area (Å²) >= 11 is 0. The second-order valence-electron chi connectivity index (χ2n) is 1.99. The third-order valence-electron chi connectivity index (χ3n) is 1.36. The van der Waals surface area contributed by atoms with E-state index in [1.54, 1.807) is 0 Å². The Morgan fingerprint density at radius 1 is 1.67 bits per heavy atom. The lowest BCUT2D eigenvalue weighted by Crippen LogP contribution is -1.71. The molecule has 0 aromatic carbocycles. The average Bonchev–Trinajstić information content (AvgIpc) is 2.13. The van der Waals surface area contributed by atoms with Crippen molar-refractivity contribution in [2.24, 2.45) is 0 Å². The number of hydrogen-bond donors (Lipinski definition) is 0. The van der Waals surface area contributed by atoms with Gasteiger partial charge in [-0.2, -0.15) is 0 Å². The molecule has 0 heteroatoms. The number of hydrogen-bond acceptors (Lipinski definition) is 0. The summed E-state index contributed by atoms with van der Waals surface area (Å²) in [6.45, 7) is 2.15. The van der Waals surface area contributed by atoms with Crippen molar-refractivity contribution in [3.05, 3.63) is 23.8 Å². The zero-order valence-electron chi connectivity index (χ0n) is 5.65. The quantitative estimate of drug-likeness (QED) is 0.463. The van der Waals surface area contributed by atoms with E-state index >= 15 is 0 Å². The van der Waals surface area contributed by atoms with Crippen LogP contribution in [0.15, 0.2) is 23.8 Å². The Morgan fingerprint density at radius 3 is 3.33 bits per heavy atom. The molecule has 0 aromatic rings. The average molecular weight is 118 g/mol. The summed E-state index contributed by atoms with van der Waals surface area (Å²) in [5.74, 6) is 5.93. The first kappa shape index (κ1) is 6.16. The minimum atomic E-state index is 0.913. The second kappa shape index (κ2) is 3.14. The molecule has 1 aliphatic rings. The highest BCUT2D eigenvalue weighted by molar-refractivity contribution is 5.31. The van der Waals surface area contributed by atoms with Crippen LogP contribution in [0, 0.1) is 11.8 Å². The van der Waals surface area contributed by atoms with Gasteiger partial charge in [0.1, 0.15) is 0 Å². The van der Waals surface area contributed by atoms with E-state index in [4.69, 9.17) is 0 Å². The summed E-state index contributed by atoms with van der Waals surface area (Å²) < 4.78 is 0. The molecular formula is C9H10. The van der Waals surface area contributed by atoms with Gasteiger partial charge < -0.3 is 0 Å². The molecule has 1 rings (SSSR count). The molecule has 0 saturated carbocycles. The lowest BCUT2D eigenvalue weighted by Gasteiger charge is -1.90. The van der Waals surface area contributed by atoms with Crippen LogP contribution in [0.2, 0.25) is 0 Å². The molecule has 0 heterocycles. The fraction of sp³-hybridized carbons (Fsp3) is 0.333. The van der Waals surface area contributed by atoms with Crippen molar-refractivity contribution in [2.75, 3.05) is 0 Å². The minimum absolute atomic E-state index is 0.913. The third-order valence-corrected chi connectivity index (χ3v) is 1.36. The van der Waals surface area contributed by atoms with Crippen LogP contribution in [0.4, 0.5) is 0 Å². The van der Waals surface area contributed by atoms with Crippen LogP contribution < -0.4 is 0 Å². The van der Waals surface area contributed by atoms with Gasteiger partial charge in [-0.1, -0.05) is 36.5 Å². The highest BCUT2D eigenvalue weighted by Gasteiger charge is 1.86. The Labute approximate surface area is 56.3 Å². The van der Waals surface area contributed by atoms with Gasteiger partial charge in [-0.15, -0.1) is 0 Å². The van der Waals surface area contributed by atoms with E-state index in [1.165, 1.54) is 5.57 Å². The molecule has 0 unspecified atom stereocenters. The smallest absolute Gasteiger partial charge is 0.0278 e. The molecule has 0 aromatic heterocycles. The molecule has 0 spiro atoms. The maximum atomic E-state index is 3.00. The van der Waals surface area contributed by atoms with Gasteiger partial charge >= 0.3 is 0 Å². The minimum Gasteiger partial charge on any atom is -0.0943 e. The summed E-state index contributed by atoms with van der Waals surface area (Å²) in [7, 11) is 0. The maximum Gasteiger partial charge on any atom is 0.0278 e. The lowest BCUT2D eigenvalue weighted by atomic mass is 10.2. The second-order valence-corrected chi connectivity index (χ2v) is 1.99. The predicted octanol–water partition coefficient (Wildman–Crippen LogP) is 2.29. The first-order valence-electron chi connectivity index (χ1n) is 3.27. The highest BCUT2D eigenvalue weighted by Crippen LogP contribution is 2.04. The molecule has 0 amide bonds. The summed E-state index contributed by atoms with van der Waals surface area (Å²) in [6, 6.07) is 0. The normalized spacial score (nSPS) is 15.4. The van der Waals surface area contributed by atoms with Gasteiger partial charge in [0.2, 0.25) is 0 Å². The molecule has 0 aliphatic heterocycles. The van der Waals surface area contributed by atoms with Crippen LogP contribution in [0.5, 0.6) is 0 Å². The summed E-state index contributed by atoms with van der Waals surface area (Å²) in [6.07, 6.45) is 8.20. The first-order chi connectivity index (χ1) is 4.43. The number of allylic oxidation sites excluding steroid dienone is 4. The van der Waals surface area contributed by atoms with Crippen molar-refractivity contribution < 1.29 is 0 Å². The predicted molar refractivity (Wildman–Crippen MR) is 39.9 cm³/mol. The van der Waals surface area contributed by atoms with E-state index in [2.05, 4.69) is 30.9 Å². The Kier molecular flexibility index (Phi) is 2.15. The Balaban J connectivity index is 2.67. The van der Waals surface area contributed by atoms with Gasteiger partial charge in [0.25, 0.3) is 0 Å². The Hall–Kier alpha value is -0.960. The zero-order valence-corrected chi connectivity index (χ0v) is 5.65. The van der Waals surface area contributed by atoms with E-state index in [0.717, 1.165) is 12.8 Å². The molecule has 0 saturated heterocycles. The van der Waals surface area contributed by atoms with Crippen LogP contribution in [0.25, 0.3) is 0 Å². The molecule has 0 atom stereocenters. The summed E-state index contributed by atoms with van der Waals surface area (Å²) in [4.78, 5) is 0. The lowest BCUT2D eigenvalue weighted by molar-refractivity contribution is 1.13. The van der Waals surface area contributed by atoms with Gasteiger partial charge in [0.05, 0.1) is 0 Å². The van der Waals surface area contributed by atoms with Crippen LogP contribution in [-0.2, 0) is 0 Å². The molecule has 0 radical (unpaired) electrons. The molecule has 1 aliphatic carbocycles. The highest BCUT2D eigenvalue weighted by atomic mass is 13.9. The Bertz CT molecular complexity index is 196. The summed E-state index contributed by atoms with van der Waals surface area (Å²) in [5.41, 5.74) is 1.38. The third kappa shape index (κ3) is 1.77. The molecular weight excluding hydrogens is 108 g/mol. The fourth-order valence-corrected chi connectivity index (χ4v) is 0.779. The van der Waals surface area contributed by atoms with Crippen molar-refractivity contribution in [3.8, 4) is 11.8 Å². The monoisotopic (exact) mass is 118 g/mol. The molecule has 0 bridgehead atoms. The topological polar surface area (TPSA) is 0 Å². The van der Waals surface area contributed by atoms with Crippen molar-refractivity contribution in [1.29, 1.82) is 0 Å². The van der Waals surface area contributed by atoms with Crippen molar-refractivity contribution in [3.63, 3.8) is 0 Å². The molecule has 9 heavy (non-hydrogen) atoms. The number of rotatable bonds is 1. The van der Waals surface area contributed by atoms with E-state index in [-0.39, 0.29) is 0 Å². The van der Waals surface area contributed by atoms with Crippen molar-refractivity contribution in [1.82, 2.24) is 0 Å². The van der Waals surface area contributed by atoms with E-state index < -0.39 is 0 Å². The first-order valence-corrected chi connectivity index (χ1v) is 3.27. The van der Waals surface area contributed by atoms with Gasteiger partial charge in [-0.3, -0.25) is 0 Å². The standard InChI is InChI=1S/C9H10/c1-2-9-7-5-3-4-6-8-9/h5,7-8H,2,6H2,1H3. The van der Waals surface area contributed by atoms with Crippen LogP contribution in [0.3, 0.4) is 0 Å². The SMILES string of the molecule is CCC1=CCC#CC=C1. The fourth-order valence-electron chi connectivity index (χ4n) is 0.779. The van der Waals surface area contributed by atoms with Gasteiger partial charge in [0.15, 0.2) is 0 Å². The molecule has 46 valence electrons. The maximum absolute atomic E-state index is 3.00. The molecule has 0 N–H and O–H groups in total. The largest absolute Gasteiger partial charge is 0.0943 e.